The van der Waals surface area contributed by atoms with Gasteiger partial charge in [-0.3, -0.25) is 9.59 Å². The summed E-state index contributed by atoms with van der Waals surface area (Å²) in [5.74, 6) is -1.53. The van der Waals surface area contributed by atoms with Crippen molar-refractivity contribution in [2.45, 2.75) is 31.2 Å². The zero-order chi connectivity index (χ0) is 16.5. The molecule has 0 fully saturated rings. The van der Waals surface area contributed by atoms with E-state index in [9.17, 15) is 9.59 Å². The predicted octanol–water partition coefficient (Wildman–Crippen LogP) is 0.252. The smallest absolute Gasteiger partial charge is 0.322 e. The summed E-state index contributed by atoms with van der Waals surface area (Å²) in [5.41, 5.74) is 0. The molecule has 0 rings (SSSR count). The largest absolute Gasteiger partial charge is 0.464 e. The Morgan fingerprint density at radius 1 is 1.19 bits per heavy atom. The Kier molecular flexibility index (Phi) is 9.76. The summed E-state index contributed by atoms with van der Waals surface area (Å²) in [6.45, 7) is 4.56. The molecule has 8 heteroatoms. The molecule has 21 heavy (non-hydrogen) atoms. The average Bonchev–Trinajstić information content (AvgIpc) is 2.42. The lowest BCUT2D eigenvalue weighted by Crippen LogP contribution is -2.30. The molecule has 0 radical (unpaired) electrons. The van der Waals surface area contributed by atoms with Crippen molar-refractivity contribution in [3.8, 4) is 0 Å². The molecule has 2 N–H and O–H groups in total. The van der Waals surface area contributed by atoms with Gasteiger partial charge in [0.25, 0.3) is 0 Å². The van der Waals surface area contributed by atoms with E-state index in [1.807, 2.05) is 0 Å². The van der Waals surface area contributed by atoms with Crippen LogP contribution in [0.15, 0.2) is 0 Å². The highest BCUT2D eigenvalue weighted by Gasteiger charge is 2.27. The Morgan fingerprint density at radius 3 is 2.33 bits per heavy atom. The maximum Gasteiger partial charge on any atom is 0.322 e. The Morgan fingerprint density at radius 2 is 1.81 bits per heavy atom. The molecule has 0 bridgehead atoms. The number of rotatable bonds is 10. The molecule has 0 saturated heterocycles. The summed E-state index contributed by atoms with van der Waals surface area (Å²) < 4.78 is 14.1. The number of aliphatic hydroxyl groups excluding tert-OH is 2. The fourth-order valence-electron chi connectivity index (χ4n) is 1.06. The second-order valence-corrected chi connectivity index (χ2v) is 7.03. The van der Waals surface area contributed by atoms with Crippen molar-refractivity contribution in [3.63, 3.8) is 0 Å². The molecule has 0 saturated carbocycles. The minimum Gasteiger partial charge on any atom is -0.464 e. The SMILES string of the molecule is CC(COC(=O)C(C)(C)Br)C(=O)OCCOCC(O)CO. The van der Waals surface area contributed by atoms with Crippen molar-refractivity contribution >= 4 is 27.9 Å². The van der Waals surface area contributed by atoms with E-state index in [0.29, 0.717) is 0 Å². The van der Waals surface area contributed by atoms with Crippen LogP contribution >= 0.6 is 15.9 Å². The zero-order valence-corrected chi connectivity index (χ0v) is 14.1. The highest BCUT2D eigenvalue weighted by molar-refractivity contribution is 9.10. The lowest BCUT2D eigenvalue weighted by atomic mass is 10.2. The van der Waals surface area contributed by atoms with Gasteiger partial charge in [-0.1, -0.05) is 15.9 Å². The Bertz CT molecular complexity index is 327. The zero-order valence-electron chi connectivity index (χ0n) is 12.5. The van der Waals surface area contributed by atoms with E-state index in [4.69, 9.17) is 24.4 Å². The lowest BCUT2D eigenvalue weighted by molar-refractivity contribution is -0.156. The highest BCUT2D eigenvalue weighted by Crippen LogP contribution is 2.18. The molecule has 0 aromatic rings. The van der Waals surface area contributed by atoms with Gasteiger partial charge in [-0.25, -0.2) is 0 Å². The Labute approximate surface area is 132 Å². The minimum absolute atomic E-state index is 0.0262. The summed E-state index contributed by atoms with van der Waals surface area (Å²) in [4.78, 5) is 23.1. The van der Waals surface area contributed by atoms with Gasteiger partial charge in [0.2, 0.25) is 0 Å². The molecule has 0 aliphatic rings. The standard InChI is InChI=1S/C13H23BrO7/c1-9(7-21-12(18)13(2,3)14)11(17)20-5-4-19-8-10(16)6-15/h9-10,15-16H,4-8H2,1-3H3. The van der Waals surface area contributed by atoms with Crippen molar-refractivity contribution in [1.29, 1.82) is 0 Å². The number of hydrogen-bond donors (Lipinski definition) is 2. The van der Waals surface area contributed by atoms with Crippen molar-refractivity contribution < 1.29 is 34.0 Å². The Balaban J connectivity index is 3.79. The molecule has 0 aliphatic heterocycles. The topological polar surface area (TPSA) is 102 Å². The Hall–Kier alpha value is -0.700. The molecule has 0 amide bonds. The molecule has 0 spiro atoms. The molecule has 2 atom stereocenters. The number of ether oxygens (including phenoxy) is 3. The van der Waals surface area contributed by atoms with Crippen LogP contribution in [0.3, 0.4) is 0 Å². The first kappa shape index (κ1) is 20.3. The van der Waals surface area contributed by atoms with Gasteiger partial charge in [-0.2, -0.15) is 0 Å². The van der Waals surface area contributed by atoms with Crippen molar-refractivity contribution in [2.24, 2.45) is 5.92 Å². The van der Waals surface area contributed by atoms with Gasteiger partial charge < -0.3 is 24.4 Å². The van der Waals surface area contributed by atoms with E-state index in [1.54, 1.807) is 20.8 Å². The minimum atomic E-state index is -0.938. The summed E-state index contributed by atoms with van der Waals surface area (Å²) >= 11 is 3.16. The van der Waals surface area contributed by atoms with E-state index in [0.717, 1.165) is 0 Å². The first-order valence-corrected chi connectivity index (χ1v) is 7.37. The van der Waals surface area contributed by atoms with Crippen LogP contribution in [-0.4, -0.2) is 65.6 Å². The fraction of sp³-hybridized carbons (Fsp3) is 0.846. The second-order valence-electron chi connectivity index (χ2n) is 5.05. The van der Waals surface area contributed by atoms with E-state index >= 15 is 0 Å². The van der Waals surface area contributed by atoms with Gasteiger partial charge in [0.05, 0.1) is 25.7 Å². The van der Waals surface area contributed by atoms with Crippen LogP contribution in [0.4, 0.5) is 0 Å². The third-order valence-corrected chi connectivity index (χ3v) is 2.67. The van der Waals surface area contributed by atoms with Crippen LogP contribution in [-0.2, 0) is 23.8 Å². The van der Waals surface area contributed by atoms with Crippen LogP contribution in [0.1, 0.15) is 20.8 Å². The molecule has 0 heterocycles. The summed E-state index contributed by atoms with van der Waals surface area (Å²) in [6, 6.07) is 0. The van der Waals surface area contributed by atoms with Crippen LogP contribution in [0.25, 0.3) is 0 Å². The van der Waals surface area contributed by atoms with E-state index in [1.165, 1.54) is 0 Å². The van der Waals surface area contributed by atoms with E-state index < -0.39 is 28.3 Å². The lowest BCUT2D eigenvalue weighted by Gasteiger charge is -2.17. The van der Waals surface area contributed by atoms with Gasteiger partial charge in [0, 0.05) is 0 Å². The molecule has 0 aliphatic carbocycles. The first-order chi connectivity index (χ1) is 9.68. The van der Waals surface area contributed by atoms with E-state index in [2.05, 4.69) is 15.9 Å². The number of alkyl halides is 1. The van der Waals surface area contributed by atoms with Gasteiger partial charge in [-0.15, -0.1) is 0 Å². The molecule has 7 nitrogen and oxygen atoms in total. The van der Waals surface area contributed by atoms with Gasteiger partial charge >= 0.3 is 11.9 Å². The van der Waals surface area contributed by atoms with Gasteiger partial charge in [0.1, 0.15) is 23.6 Å². The number of halogens is 1. The molecule has 2 unspecified atom stereocenters. The number of aliphatic hydroxyl groups is 2. The number of hydrogen-bond acceptors (Lipinski definition) is 7. The third-order valence-electron chi connectivity index (χ3n) is 2.35. The molecule has 124 valence electrons. The molecular weight excluding hydrogens is 348 g/mol. The quantitative estimate of drug-likeness (QED) is 0.322. The van der Waals surface area contributed by atoms with Crippen molar-refractivity contribution in [1.82, 2.24) is 0 Å². The molecule has 0 aromatic carbocycles. The molecular formula is C13H23BrO7. The first-order valence-electron chi connectivity index (χ1n) is 6.58. The van der Waals surface area contributed by atoms with Crippen LogP contribution in [0.2, 0.25) is 0 Å². The van der Waals surface area contributed by atoms with Crippen LogP contribution < -0.4 is 0 Å². The maximum atomic E-state index is 11.6. The average molecular weight is 371 g/mol. The van der Waals surface area contributed by atoms with Gasteiger partial charge in [-0.05, 0) is 20.8 Å². The van der Waals surface area contributed by atoms with Crippen LogP contribution in [0.5, 0.6) is 0 Å². The maximum absolute atomic E-state index is 11.6. The number of carbonyl (C=O) groups excluding carboxylic acids is 2. The second kappa shape index (κ2) is 10.1. The van der Waals surface area contributed by atoms with Crippen LogP contribution in [0, 0.1) is 5.92 Å². The summed E-state index contributed by atoms with van der Waals surface area (Å²) in [7, 11) is 0. The van der Waals surface area contributed by atoms with Crippen molar-refractivity contribution in [3.05, 3.63) is 0 Å². The fourth-order valence-corrected chi connectivity index (χ4v) is 1.17. The number of esters is 2. The van der Waals surface area contributed by atoms with E-state index in [-0.39, 0.29) is 33.0 Å². The van der Waals surface area contributed by atoms with Gasteiger partial charge in [0.15, 0.2) is 0 Å². The highest BCUT2D eigenvalue weighted by atomic mass is 79.9. The summed E-state index contributed by atoms with van der Waals surface area (Å²) in [5, 5.41) is 17.6. The summed E-state index contributed by atoms with van der Waals surface area (Å²) in [6.07, 6.45) is -0.938. The molecule has 0 aromatic heterocycles. The third kappa shape index (κ3) is 9.78. The number of carbonyl (C=O) groups is 2. The van der Waals surface area contributed by atoms with Crippen molar-refractivity contribution in [2.75, 3.05) is 33.0 Å². The predicted molar refractivity (Wildman–Crippen MR) is 78.0 cm³/mol. The normalized spacial score (nSPS) is 14.4. The monoisotopic (exact) mass is 370 g/mol.